The number of amides is 1. The number of halogens is 1. The van der Waals surface area contributed by atoms with E-state index in [1.165, 1.54) is 12.1 Å². The van der Waals surface area contributed by atoms with Crippen molar-refractivity contribution in [3.8, 4) is 17.2 Å². The van der Waals surface area contributed by atoms with E-state index in [-0.39, 0.29) is 18.3 Å². The van der Waals surface area contributed by atoms with Gasteiger partial charge in [0, 0.05) is 17.3 Å². The maximum atomic E-state index is 13.3. The highest BCUT2D eigenvalue weighted by molar-refractivity contribution is 5.92. The van der Waals surface area contributed by atoms with Crippen molar-refractivity contribution in [2.45, 2.75) is 6.92 Å². The van der Waals surface area contributed by atoms with Gasteiger partial charge >= 0.3 is 0 Å². The van der Waals surface area contributed by atoms with Gasteiger partial charge in [-0.3, -0.25) is 4.79 Å². The molecule has 5 nitrogen and oxygen atoms in total. The molecular weight excluding hydrogens is 359 g/mol. The van der Waals surface area contributed by atoms with Crippen molar-refractivity contribution < 1.29 is 18.3 Å². The van der Waals surface area contributed by atoms with Gasteiger partial charge in [0.05, 0.1) is 0 Å². The number of carbonyl (C=O) groups excluding carboxylic acids is 1. The van der Waals surface area contributed by atoms with Crippen LogP contribution in [-0.4, -0.2) is 17.5 Å². The van der Waals surface area contributed by atoms with E-state index >= 15 is 0 Å². The van der Waals surface area contributed by atoms with E-state index in [1.807, 2.05) is 31.2 Å². The fourth-order valence-corrected chi connectivity index (χ4v) is 2.78. The largest absolute Gasteiger partial charge is 0.483 e. The van der Waals surface area contributed by atoms with Crippen molar-refractivity contribution >= 4 is 22.7 Å². The van der Waals surface area contributed by atoms with Gasteiger partial charge in [0.1, 0.15) is 17.1 Å². The lowest BCUT2D eigenvalue weighted by Gasteiger charge is -2.09. The van der Waals surface area contributed by atoms with Crippen molar-refractivity contribution in [2.24, 2.45) is 0 Å². The Morgan fingerprint density at radius 2 is 1.89 bits per heavy atom. The number of anilines is 1. The highest BCUT2D eigenvalue weighted by atomic mass is 19.1. The van der Waals surface area contributed by atoms with Gasteiger partial charge in [-0.15, -0.1) is 0 Å². The predicted molar refractivity (Wildman–Crippen MR) is 105 cm³/mol. The molecule has 1 amide bonds. The molecule has 1 aromatic heterocycles. The Hall–Kier alpha value is -3.67. The number of aryl methyl sites for hydroxylation is 1. The zero-order valence-electron chi connectivity index (χ0n) is 15.1. The summed E-state index contributed by atoms with van der Waals surface area (Å²) in [6.45, 7) is 1.84. The molecule has 6 heteroatoms. The molecule has 28 heavy (non-hydrogen) atoms. The Balaban J connectivity index is 1.41. The van der Waals surface area contributed by atoms with Gasteiger partial charge in [0.2, 0.25) is 5.89 Å². The van der Waals surface area contributed by atoms with Gasteiger partial charge < -0.3 is 14.5 Å². The molecule has 0 atom stereocenters. The summed E-state index contributed by atoms with van der Waals surface area (Å²) in [5.41, 5.74) is 3.30. The summed E-state index contributed by atoms with van der Waals surface area (Å²) in [4.78, 5) is 16.4. The van der Waals surface area contributed by atoms with Crippen molar-refractivity contribution in [3.63, 3.8) is 0 Å². The van der Waals surface area contributed by atoms with Crippen LogP contribution >= 0.6 is 0 Å². The summed E-state index contributed by atoms with van der Waals surface area (Å²) in [6, 6.07) is 18.8. The van der Waals surface area contributed by atoms with Crippen LogP contribution in [0.5, 0.6) is 5.75 Å². The molecular formula is C22H17FN2O3. The topological polar surface area (TPSA) is 64.4 Å². The number of oxazole rings is 1. The molecule has 4 rings (SSSR count). The number of aromatic nitrogens is 1. The Morgan fingerprint density at radius 3 is 2.68 bits per heavy atom. The maximum Gasteiger partial charge on any atom is 0.262 e. The van der Waals surface area contributed by atoms with E-state index in [1.54, 1.807) is 30.3 Å². The van der Waals surface area contributed by atoms with Gasteiger partial charge in [-0.1, -0.05) is 18.2 Å². The lowest BCUT2D eigenvalue weighted by Crippen LogP contribution is -2.20. The number of rotatable bonds is 5. The summed E-state index contributed by atoms with van der Waals surface area (Å²) in [5, 5.41) is 2.78. The van der Waals surface area contributed by atoms with Crippen LogP contribution in [-0.2, 0) is 4.79 Å². The van der Waals surface area contributed by atoms with Gasteiger partial charge in [0.15, 0.2) is 12.2 Å². The lowest BCUT2D eigenvalue weighted by atomic mass is 10.2. The van der Waals surface area contributed by atoms with Crippen LogP contribution in [0.15, 0.2) is 71.1 Å². The summed E-state index contributed by atoms with van der Waals surface area (Å²) in [7, 11) is 0. The maximum absolute atomic E-state index is 13.3. The van der Waals surface area contributed by atoms with Crippen LogP contribution < -0.4 is 10.1 Å². The number of carbonyl (C=O) groups is 1. The van der Waals surface area contributed by atoms with Crippen LogP contribution in [0.4, 0.5) is 10.1 Å². The van der Waals surface area contributed by atoms with Gasteiger partial charge in [-0.05, 0) is 55.0 Å². The van der Waals surface area contributed by atoms with Crippen LogP contribution in [0.2, 0.25) is 0 Å². The number of nitrogens with zero attached hydrogens (tertiary/aromatic N) is 1. The van der Waals surface area contributed by atoms with Crippen LogP contribution in [0.25, 0.3) is 22.6 Å². The molecule has 3 aromatic carbocycles. The van der Waals surface area contributed by atoms with Gasteiger partial charge in [-0.2, -0.15) is 0 Å². The summed E-state index contributed by atoms with van der Waals surface area (Å²) in [6.07, 6.45) is 0. The fourth-order valence-electron chi connectivity index (χ4n) is 2.78. The van der Waals surface area contributed by atoms with Gasteiger partial charge in [-0.25, -0.2) is 9.37 Å². The van der Waals surface area contributed by atoms with Crippen molar-refractivity contribution in [2.75, 3.05) is 11.9 Å². The highest BCUT2D eigenvalue weighted by Crippen LogP contribution is 2.26. The SMILES string of the molecule is Cc1ccccc1OCC(=O)Nc1ccc(-c2nc3ccc(F)cc3o2)cc1. The summed E-state index contributed by atoms with van der Waals surface area (Å²) in [5.74, 6) is 0.441. The van der Waals surface area contributed by atoms with E-state index < -0.39 is 0 Å². The number of ether oxygens (including phenoxy) is 1. The summed E-state index contributed by atoms with van der Waals surface area (Å²) >= 11 is 0. The fraction of sp³-hybridized carbons (Fsp3) is 0.0909. The Labute approximate surface area is 160 Å². The minimum atomic E-state index is -0.374. The molecule has 0 spiro atoms. The minimum absolute atomic E-state index is 0.0801. The van der Waals surface area contributed by atoms with Crippen molar-refractivity contribution in [1.29, 1.82) is 0 Å². The molecule has 1 N–H and O–H groups in total. The monoisotopic (exact) mass is 376 g/mol. The first-order chi connectivity index (χ1) is 13.6. The van der Waals surface area contributed by atoms with E-state index in [0.29, 0.717) is 28.4 Å². The highest BCUT2D eigenvalue weighted by Gasteiger charge is 2.10. The number of nitrogens with one attached hydrogen (secondary N) is 1. The molecule has 0 bridgehead atoms. The summed E-state index contributed by atoms with van der Waals surface area (Å²) < 4.78 is 24.4. The molecule has 0 fully saturated rings. The molecule has 0 saturated heterocycles. The van der Waals surface area contributed by atoms with E-state index in [2.05, 4.69) is 10.3 Å². The standard InChI is InChI=1S/C22H17FN2O3/c1-14-4-2-3-5-19(14)27-13-21(26)24-17-9-6-15(7-10-17)22-25-18-11-8-16(23)12-20(18)28-22/h2-12H,13H2,1H3,(H,24,26). The third-order valence-corrected chi connectivity index (χ3v) is 4.22. The van der Waals surface area contributed by atoms with E-state index in [0.717, 1.165) is 11.1 Å². The Bertz CT molecular complexity index is 1140. The van der Waals surface area contributed by atoms with Crippen molar-refractivity contribution in [3.05, 3.63) is 78.1 Å². The molecule has 0 radical (unpaired) electrons. The third-order valence-electron chi connectivity index (χ3n) is 4.22. The van der Waals surface area contributed by atoms with Crippen LogP contribution in [0.3, 0.4) is 0 Å². The molecule has 0 saturated carbocycles. The van der Waals surface area contributed by atoms with E-state index in [4.69, 9.17) is 9.15 Å². The first-order valence-corrected chi connectivity index (χ1v) is 8.73. The molecule has 140 valence electrons. The molecule has 1 heterocycles. The second kappa shape index (κ2) is 7.52. The first-order valence-electron chi connectivity index (χ1n) is 8.73. The normalized spacial score (nSPS) is 10.8. The second-order valence-electron chi connectivity index (χ2n) is 6.31. The molecule has 4 aromatic rings. The number of para-hydroxylation sites is 1. The van der Waals surface area contributed by atoms with E-state index in [9.17, 15) is 9.18 Å². The first kappa shape index (κ1) is 17.7. The minimum Gasteiger partial charge on any atom is -0.483 e. The average molecular weight is 376 g/mol. The molecule has 0 aliphatic rings. The number of fused-ring (bicyclic) bond motifs is 1. The Morgan fingerprint density at radius 1 is 1.11 bits per heavy atom. The molecule has 0 aliphatic carbocycles. The lowest BCUT2D eigenvalue weighted by molar-refractivity contribution is -0.118. The number of hydrogen-bond donors (Lipinski definition) is 1. The predicted octanol–water partition coefficient (Wildman–Crippen LogP) is 4.96. The third kappa shape index (κ3) is 3.86. The quantitative estimate of drug-likeness (QED) is 0.535. The zero-order valence-corrected chi connectivity index (χ0v) is 15.1. The van der Waals surface area contributed by atoms with Crippen molar-refractivity contribution in [1.82, 2.24) is 4.98 Å². The Kier molecular flexibility index (Phi) is 4.76. The van der Waals surface area contributed by atoms with Crippen LogP contribution in [0, 0.1) is 12.7 Å². The van der Waals surface area contributed by atoms with Crippen LogP contribution in [0.1, 0.15) is 5.56 Å². The van der Waals surface area contributed by atoms with Gasteiger partial charge in [0.25, 0.3) is 5.91 Å². The smallest absolute Gasteiger partial charge is 0.262 e. The molecule has 0 unspecified atom stereocenters. The second-order valence-corrected chi connectivity index (χ2v) is 6.31. The average Bonchev–Trinajstić information content (AvgIpc) is 3.11. The number of benzene rings is 3. The molecule has 0 aliphatic heterocycles. The zero-order chi connectivity index (χ0) is 19.5. The number of hydrogen-bond acceptors (Lipinski definition) is 4.